The van der Waals surface area contributed by atoms with Gasteiger partial charge in [0.15, 0.2) is 0 Å². The van der Waals surface area contributed by atoms with E-state index >= 15 is 0 Å². The molecule has 1 N–H and O–H groups in total. The van der Waals surface area contributed by atoms with Gasteiger partial charge in [0.25, 0.3) is 0 Å². The third kappa shape index (κ3) is 3.19. The lowest BCUT2D eigenvalue weighted by Gasteiger charge is -2.20. The van der Waals surface area contributed by atoms with Crippen molar-refractivity contribution >= 4 is 11.0 Å². The lowest BCUT2D eigenvalue weighted by Crippen LogP contribution is -2.32. The standard InChI is InChI=1S/C16H25N3O/c1-5-19-15-9-7-6-8-14(15)18-16(19)11-13(17-3)10-12(2)20-4/h6-9,12-13,17H,5,10-11H2,1-4H3. The van der Waals surface area contributed by atoms with Crippen LogP contribution in [0.4, 0.5) is 0 Å². The summed E-state index contributed by atoms with van der Waals surface area (Å²) in [5.74, 6) is 1.15. The Kier molecular flexibility index (Phi) is 5.15. The lowest BCUT2D eigenvalue weighted by atomic mass is 10.1. The molecule has 1 heterocycles. The van der Waals surface area contributed by atoms with Gasteiger partial charge < -0.3 is 14.6 Å². The number of aryl methyl sites for hydroxylation is 1. The molecule has 1 aromatic carbocycles. The summed E-state index contributed by atoms with van der Waals surface area (Å²) in [6, 6.07) is 8.72. The molecular weight excluding hydrogens is 250 g/mol. The first-order chi connectivity index (χ1) is 9.69. The highest BCUT2D eigenvalue weighted by Crippen LogP contribution is 2.18. The van der Waals surface area contributed by atoms with Crippen LogP contribution in [0, 0.1) is 0 Å². The van der Waals surface area contributed by atoms with Crippen LogP contribution >= 0.6 is 0 Å². The number of nitrogens with zero attached hydrogens (tertiary/aromatic N) is 2. The maximum absolute atomic E-state index is 5.37. The molecule has 0 saturated heterocycles. The highest BCUT2D eigenvalue weighted by molar-refractivity contribution is 5.75. The highest BCUT2D eigenvalue weighted by atomic mass is 16.5. The Morgan fingerprint density at radius 3 is 2.75 bits per heavy atom. The van der Waals surface area contributed by atoms with E-state index in [1.54, 1.807) is 7.11 Å². The molecule has 0 bridgehead atoms. The number of likely N-dealkylation sites (N-methyl/N-ethyl adjacent to an activating group) is 1. The largest absolute Gasteiger partial charge is 0.382 e. The van der Waals surface area contributed by atoms with Gasteiger partial charge in [-0.3, -0.25) is 0 Å². The summed E-state index contributed by atoms with van der Waals surface area (Å²) in [5, 5.41) is 3.38. The van der Waals surface area contributed by atoms with Crippen LogP contribution in [0.1, 0.15) is 26.1 Å². The molecule has 20 heavy (non-hydrogen) atoms. The number of rotatable bonds is 7. The van der Waals surface area contributed by atoms with Gasteiger partial charge in [0, 0.05) is 26.1 Å². The molecule has 4 nitrogen and oxygen atoms in total. The molecule has 0 aliphatic carbocycles. The van der Waals surface area contributed by atoms with Crippen LogP contribution < -0.4 is 5.32 Å². The number of hydrogen-bond acceptors (Lipinski definition) is 3. The first-order valence-electron chi connectivity index (χ1n) is 7.33. The normalized spacial score (nSPS) is 14.6. The molecule has 0 spiro atoms. The zero-order valence-electron chi connectivity index (χ0n) is 12.9. The van der Waals surface area contributed by atoms with Gasteiger partial charge in [-0.1, -0.05) is 12.1 Å². The van der Waals surface area contributed by atoms with Crippen molar-refractivity contribution in [3.05, 3.63) is 30.1 Å². The second-order valence-electron chi connectivity index (χ2n) is 5.23. The first-order valence-corrected chi connectivity index (χ1v) is 7.33. The quantitative estimate of drug-likeness (QED) is 0.844. The van der Waals surface area contributed by atoms with E-state index in [1.165, 1.54) is 5.52 Å². The minimum Gasteiger partial charge on any atom is -0.382 e. The van der Waals surface area contributed by atoms with Crippen LogP contribution in [-0.4, -0.2) is 35.9 Å². The number of para-hydroxylation sites is 2. The molecular formula is C16H25N3O. The van der Waals surface area contributed by atoms with Crippen LogP contribution in [0.2, 0.25) is 0 Å². The fourth-order valence-electron chi connectivity index (χ4n) is 2.65. The minimum absolute atomic E-state index is 0.256. The maximum atomic E-state index is 5.37. The molecule has 4 heteroatoms. The predicted molar refractivity (Wildman–Crippen MR) is 83.0 cm³/mol. The van der Waals surface area contributed by atoms with Crippen LogP contribution in [0.5, 0.6) is 0 Å². The van der Waals surface area contributed by atoms with Gasteiger partial charge in [-0.25, -0.2) is 4.98 Å². The number of benzene rings is 1. The number of methoxy groups -OCH3 is 1. The SMILES string of the molecule is CCn1c(CC(CC(C)OC)NC)nc2ccccc21. The predicted octanol–water partition coefficient (Wildman–Crippen LogP) is 2.61. The molecule has 0 fully saturated rings. The molecule has 0 aliphatic rings. The summed E-state index contributed by atoms with van der Waals surface area (Å²) < 4.78 is 7.67. The van der Waals surface area contributed by atoms with Crippen LogP contribution in [-0.2, 0) is 17.7 Å². The second-order valence-corrected chi connectivity index (χ2v) is 5.23. The smallest absolute Gasteiger partial charge is 0.111 e. The van der Waals surface area contributed by atoms with Crippen molar-refractivity contribution in [2.75, 3.05) is 14.2 Å². The van der Waals surface area contributed by atoms with E-state index in [0.717, 1.165) is 30.7 Å². The molecule has 0 aliphatic heterocycles. The van der Waals surface area contributed by atoms with E-state index in [4.69, 9.17) is 9.72 Å². The number of nitrogens with one attached hydrogen (secondary N) is 1. The summed E-state index contributed by atoms with van der Waals surface area (Å²) >= 11 is 0. The minimum atomic E-state index is 0.256. The Labute approximate surface area is 121 Å². The molecule has 0 amide bonds. The van der Waals surface area contributed by atoms with E-state index in [1.807, 2.05) is 13.1 Å². The number of hydrogen-bond donors (Lipinski definition) is 1. The van der Waals surface area contributed by atoms with Crippen molar-refractivity contribution in [1.82, 2.24) is 14.9 Å². The fourth-order valence-corrected chi connectivity index (χ4v) is 2.65. The van der Waals surface area contributed by atoms with Gasteiger partial charge in [-0.2, -0.15) is 0 Å². The summed E-state index contributed by atoms with van der Waals surface area (Å²) in [5.41, 5.74) is 2.30. The Morgan fingerprint density at radius 1 is 1.35 bits per heavy atom. The molecule has 2 atom stereocenters. The number of aromatic nitrogens is 2. The summed E-state index contributed by atoms with van der Waals surface area (Å²) in [7, 11) is 3.77. The van der Waals surface area contributed by atoms with E-state index in [9.17, 15) is 0 Å². The Morgan fingerprint density at radius 2 is 2.10 bits per heavy atom. The molecule has 2 unspecified atom stereocenters. The Hall–Kier alpha value is -1.39. The first kappa shape index (κ1) is 15.0. The Bertz CT molecular complexity index is 550. The van der Waals surface area contributed by atoms with Crippen LogP contribution in [0.15, 0.2) is 24.3 Å². The van der Waals surface area contributed by atoms with Gasteiger partial charge in [0.2, 0.25) is 0 Å². The van der Waals surface area contributed by atoms with Gasteiger partial charge in [0.1, 0.15) is 5.82 Å². The van der Waals surface area contributed by atoms with E-state index in [-0.39, 0.29) is 6.10 Å². The molecule has 0 radical (unpaired) electrons. The average Bonchev–Trinajstić information content (AvgIpc) is 2.83. The third-order valence-corrected chi connectivity index (χ3v) is 3.91. The zero-order valence-corrected chi connectivity index (χ0v) is 12.9. The van der Waals surface area contributed by atoms with Crippen molar-refractivity contribution in [3.63, 3.8) is 0 Å². The molecule has 110 valence electrons. The second kappa shape index (κ2) is 6.86. The van der Waals surface area contributed by atoms with Crippen molar-refractivity contribution < 1.29 is 4.74 Å². The topological polar surface area (TPSA) is 39.1 Å². The molecule has 2 rings (SSSR count). The van der Waals surface area contributed by atoms with Crippen LogP contribution in [0.3, 0.4) is 0 Å². The molecule has 1 aromatic heterocycles. The van der Waals surface area contributed by atoms with Crippen molar-refractivity contribution in [2.45, 2.75) is 45.4 Å². The van der Waals surface area contributed by atoms with Crippen LogP contribution in [0.25, 0.3) is 11.0 Å². The van der Waals surface area contributed by atoms with Crippen molar-refractivity contribution in [2.24, 2.45) is 0 Å². The molecule has 2 aromatic rings. The fraction of sp³-hybridized carbons (Fsp3) is 0.562. The summed E-state index contributed by atoms with van der Waals surface area (Å²) in [6.45, 7) is 5.23. The van der Waals surface area contributed by atoms with Crippen molar-refractivity contribution in [3.8, 4) is 0 Å². The van der Waals surface area contributed by atoms with Crippen molar-refractivity contribution in [1.29, 1.82) is 0 Å². The number of fused-ring (bicyclic) bond motifs is 1. The van der Waals surface area contributed by atoms with Gasteiger partial charge in [-0.05, 0) is 39.4 Å². The highest BCUT2D eigenvalue weighted by Gasteiger charge is 2.16. The summed E-state index contributed by atoms with van der Waals surface area (Å²) in [4.78, 5) is 4.79. The molecule has 0 saturated carbocycles. The van der Waals surface area contributed by atoms with E-state index < -0.39 is 0 Å². The van der Waals surface area contributed by atoms with Gasteiger partial charge >= 0.3 is 0 Å². The number of ether oxygens (including phenoxy) is 1. The maximum Gasteiger partial charge on any atom is 0.111 e. The van der Waals surface area contributed by atoms with E-state index in [2.05, 4.69) is 41.9 Å². The lowest BCUT2D eigenvalue weighted by molar-refractivity contribution is 0.101. The van der Waals surface area contributed by atoms with E-state index in [0.29, 0.717) is 6.04 Å². The van der Waals surface area contributed by atoms with Gasteiger partial charge in [-0.15, -0.1) is 0 Å². The number of imidazole rings is 1. The summed E-state index contributed by atoms with van der Waals surface area (Å²) in [6.07, 6.45) is 2.17. The third-order valence-electron chi connectivity index (χ3n) is 3.91. The zero-order chi connectivity index (χ0) is 14.5. The average molecular weight is 275 g/mol. The van der Waals surface area contributed by atoms with Gasteiger partial charge in [0.05, 0.1) is 17.1 Å². The monoisotopic (exact) mass is 275 g/mol. The Balaban J connectivity index is 2.23.